The number of carbonyl (C=O) groups is 4. The van der Waals surface area contributed by atoms with Crippen LogP contribution in [0.15, 0.2) is 73.1 Å². The molecule has 15 nitrogen and oxygen atoms in total. The molecule has 0 radical (unpaired) electrons. The number of aromatic amines is 2. The third-order valence-corrected chi connectivity index (χ3v) is 14.3. The van der Waals surface area contributed by atoms with E-state index in [-0.39, 0.29) is 60.0 Å². The monoisotopic (exact) mass is 868 g/mol. The highest BCUT2D eigenvalue weighted by atomic mass is 16.5. The zero-order chi connectivity index (χ0) is 44.6. The van der Waals surface area contributed by atoms with E-state index in [9.17, 15) is 24.3 Å². The summed E-state index contributed by atoms with van der Waals surface area (Å²) in [5.74, 6) is 1.79. The molecule has 2 aromatic heterocycles. The number of ether oxygens (including phenoxy) is 2. The fourth-order valence-electron chi connectivity index (χ4n) is 11.0. The van der Waals surface area contributed by atoms with Gasteiger partial charge in [-0.3, -0.25) is 9.59 Å². The average molecular weight is 869 g/mol. The van der Waals surface area contributed by atoms with E-state index in [0.717, 1.165) is 81.7 Å². The van der Waals surface area contributed by atoms with E-state index in [1.165, 1.54) is 7.11 Å². The number of alkyl carbamates (subject to hydrolysis) is 1. The van der Waals surface area contributed by atoms with Crippen LogP contribution in [0.3, 0.4) is 0 Å². The predicted molar refractivity (Wildman–Crippen MR) is 239 cm³/mol. The van der Waals surface area contributed by atoms with Gasteiger partial charge in [0.05, 0.1) is 42.8 Å². The SMILES string of the molecule is COC(=O)N[C@H](C(=O)N1C(c2nc(-c3ccc(-c4ccc5cc(-c6c[nH]c([C@@H]7C[C@H]8C[C@H]8N7C(=O)[C@@H](NC(=O)O)C(C)C)n6)ccc5c4)cc3)c[nH]2)C[C@H]2C[C@H]21)[C@H]1C[C@@H](C)O[C@@H](C)C1. The first kappa shape index (κ1) is 41.8. The number of carboxylic acid groups (broad SMARTS) is 1. The van der Waals surface area contributed by atoms with Crippen molar-refractivity contribution in [1.82, 2.24) is 40.4 Å². The lowest BCUT2D eigenvalue weighted by molar-refractivity contribution is -0.140. The minimum Gasteiger partial charge on any atom is -0.465 e. The fraction of sp³-hybridized carbons (Fsp3) is 0.469. The van der Waals surface area contributed by atoms with Gasteiger partial charge in [-0.25, -0.2) is 19.6 Å². The highest BCUT2D eigenvalue weighted by Gasteiger charge is 2.58. The van der Waals surface area contributed by atoms with Gasteiger partial charge in [-0.05, 0) is 110 Å². The first-order valence-electron chi connectivity index (χ1n) is 22.7. The van der Waals surface area contributed by atoms with Crippen LogP contribution in [-0.2, 0) is 19.1 Å². The summed E-state index contributed by atoms with van der Waals surface area (Å²) in [5.41, 5.74) is 5.67. The Balaban J connectivity index is 0.823. The number of hydrogen-bond donors (Lipinski definition) is 5. The molecule has 4 amide bonds. The summed E-state index contributed by atoms with van der Waals surface area (Å²) in [6, 6.07) is 19.4. The summed E-state index contributed by atoms with van der Waals surface area (Å²) in [6.45, 7) is 7.74. The summed E-state index contributed by atoms with van der Waals surface area (Å²) in [7, 11) is 1.32. The third-order valence-electron chi connectivity index (χ3n) is 14.3. The molecule has 334 valence electrons. The Morgan fingerprint density at radius 2 is 1.22 bits per heavy atom. The van der Waals surface area contributed by atoms with Gasteiger partial charge in [0.1, 0.15) is 23.7 Å². The lowest BCUT2D eigenvalue weighted by Crippen LogP contribution is -2.55. The Labute approximate surface area is 371 Å². The number of carbonyl (C=O) groups excluding carboxylic acids is 3. The molecule has 15 heteroatoms. The number of piperidine rings is 2. The number of nitrogens with one attached hydrogen (secondary N) is 4. The van der Waals surface area contributed by atoms with Crippen molar-refractivity contribution in [3.63, 3.8) is 0 Å². The van der Waals surface area contributed by atoms with Gasteiger partial charge in [0.2, 0.25) is 11.8 Å². The highest BCUT2D eigenvalue weighted by molar-refractivity contribution is 5.91. The summed E-state index contributed by atoms with van der Waals surface area (Å²) >= 11 is 0. The molecule has 1 unspecified atom stereocenters. The molecule has 64 heavy (non-hydrogen) atoms. The van der Waals surface area contributed by atoms with Crippen LogP contribution in [0.1, 0.15) is 90.0 Å². The number of H-pyrrole nitrogens is 2. The van der Waals surface area contributed by atoms with Crippen molar-refractivity contribution in [3.05, 3.63) is 84.7 Å². The standard InChI is InChI=1S/C49H56N8O7/c1-24(2)42(54-48(60)61)46(58)56-38-18-33(38)20-40(56)45-51-23-37(53-45)32-13-12-30-16-29(10-11-31(30)17-32)27-6-8-28(9-7-27)36-22-50-44(52-36)41-21-34-19-39(34)57(41)47(59)43(55-49(62)63-5)35-14-25(3)64-26(4)15-35/h6-13,16-17,22-26,33-35,38-43,54H,14-15,18-21H2,1-5H3,(H,50,52)(H,51,53)(H,55,62)(H,60,61)/t25-,26+,33-,34-,35+,38-,39-,40+,41?,42+,43+/m1/s1. The molecule has 0 spiro atoms. The number of methoxy groups -OCH3 is 1. The maximum absolute atomic E-state index is 14.4. The van der Waals surface area contributed by atoms with Crippen LogP contribution in [-0.4, -0.2) is 102 Å². The molecular weight excluding hydrogens is 813 g/mol. The molecule has 11 atom stereocenters. The summed E-state index contributed by atoms with van der Waals surface area (Å²) in [4.78, 5) is 72.7. The lowest BCUT2D eigenvalue weighted by Gasteiger charge is -2.38. The van der Waals surface area contributed by atoms with Gasteiger partial charge in [0.15, 0.2) is 0 Å². The molecule has 5 aromatic rings. The van der Waals surface area contributed by atoms with Crippen molar-refractivity contribution < 1.29 is 33.8 Å². The van der Waals surface area contributed by atoms with Gasteiger partial charge in [-0.1, -0.05) is 62.4 Å². The van der Waals surface area contributed by atoms with Crippen LogP contribution in [0.25, 0.3) is 44.4 Å². The van der Waals surface area contributed by atoms with Crippen LogP contribution in [0.4, 0.5) is 9.59 Å². The van der Waals surface area contributed by atoms with Gasteiger partial charge in [-0.2, -0.15) is 0 Å². The van der Waals surface area contributed by atoms with E-state index in [2.05, 4.69) is 81.3 Å². The lowest BCUT2D eigenvalue weighted by atomic mass is 9.85. The number of nitrogens with zero attached hydrogens (tertiary/aromatic N) is 4. The van der Waals surface area contributed by atoms with Crippen LogP contribution in [0.2, 0.25) is 0 Å². The number of fused-ring (bicyclic) bond motifs is 3. The number of amides is 4. The van der Waals surface area contributed by atoms with Crippen molar-refractivity contribution in [2.75, 3.05) is 7.11 Å². The van der Waals surface area contributed by atoms with Crippen LogP contribution in [0.5, 0.6) is 0 Å². The second-order valence-electron chi connectivity index (χ2n) is 19.1. The molecule has 0 bridgehead atoms. The van der Waals surface area contributed by atoms with Gasteiger partial charge >= 0.3 is 12.2 Å². The molecule has 5 N–H and O–H groups in total. The molecule has 5 heterocycles. The molecule has 2 saturated carbocycles. The van der Waals surface area contributed by atoms with Crippen molar-refractivity contribution in [1.29, 1.82) is 0 Å². The molecule has 3 saturated heterocycles. The van der Waals surface area contributed by atoms with Crippen LogP contribution < -0.4 is 10.6 Å². The maximum Gasteiger partial charge on any atom is 0.407 e. The number of hydrogen-bond acceptors (Lipinski definition) is 8. The van der Waals surface area contributed by atoms with Crippen molar-refractivity contribution in [2.45, 2.75) is 115 Å². The van der Waals surface area contributed by atoms with E-state index in [1.54, 1.807) is 0 Å². The zero-order valence-corrected chi connectivity index (χ0v) is 36.8. The predicted octanol–water partition coefficient (Wildman–Crippen LogP) is 7.83. The summed E-state index contributed by atoms with van der Waals surface area (Å²) in [6.07, 6.45) is 6.86. The molecular formula is C49H56N8O7. The Morgan fingerprint density at radius 3 is 1.78 bits per heavy atom. The van der Waals surface area contributed by atoms with Crippen molar-refractivity contribution >= 4 is 34.8 Å². The quantitative estimate of drug-likeness (QED) is 0.0879. The normalized spacial score (nSPS) is 27.8. The van der Waals surface area contributed by atoms with Gasteiger partial charge < -0.3 is 45.0 Å². The first-order valence-corrected chi connectivity index (χ1v) is 22.7. The van der Waals surface area contributed by atoms with Gasteiger partial charge in [0.25, 0.3) is 0 Å². The molecule has 5 fully saturated rings. The van der Waals surface area contributed by atoms with E-state index in [4.69, 9.17) is 19.4 Å². The van der Waals surface area contributed by atoms with Crippen molar-refractivity contribution in [3.8, 4) is 33.6 Å². The highest BCUT2D eigenvalue weighted by Crippen LogP contribution is 2.55. The zero-order valence-electron chi connectivity index (χ0n) is 36.8. The number of benzene rings is 3. The maximum atomic E-state index is 14.4. The Morgan fingerprint density at radius 1 is 0.703 bits per heavy atom. The number of imidazole rings is 2. The largest absolute Gasteiger partial charge is 0.465 e. The van der Waals surface area contributed by atoms with E-state index < -0.39 is 24.3 Å². The molecule has 10 rings (SSSR count). The average Bonchev–Trinajstić information content (AvgIpc) is 3.86. The first-order chi connectivity index (χ1) is 30.8. The Bertz CT molecular complexity index is 2600. The number of aromatic nitrogens is 4. The van der Waals surface area contributed by atoms with E-state index in [0.29, 0.717) is 24.7 Å². The minimum absolute atomic E-state index is 0.0122. The Kier molecular flexibility index (Phi) is 10.7. The third kappa shape index (κ3) is 7.88. The molecule has 3 aliphatic heterocycles. The topological polar surface area (TPSA) is 195 Å². The fourth-order valence-corrected chi connectivity index (χ4v) is 11.0. The number of rotatable bonds is 11. The van der Waals surface area contributed by atoms with Crippen molar-refractivity contribution in [2.24, 2.45) is 23.7 Å². The molecule has 5 aliphatic rings. The van der Waals surface area contributed by atoms with Gasteiger partial charge in [-0.15, -0.1) is 0 Å². The molecule has 2 aliphatic carbocycles. The van der Waals surface area contributed by atoms with Gasteiger partial charge in [0, 0.05) is 35.6 Å². The van der Waals surface area contributed by atoms with Crippen LogP contribution >= 0.6 is 0 Å². The van der Waals surface area contributed by atoms with E-state index >= 15 is 0 Å². The second kappa shape index (κ2) is 16.4. The minimum atomic E-state index is -1.20. The number of likely N-dealkylation sites (tertiary alicyclic amines) is 2. The summed E-state index contributed by atoms with van der Waals surface area (Å²) < 4.78 is 10.9. The van der Waals surface area contributed by atoms with E-state index in [1.807, 2.05) is 49.9 Å². The molecule has 3 aromatic carbocycles. The van der Waals surface area contributed by atoms with Crippen LogP contribution in [0, 0.1) is 23.7 Å². The smallest absolute Gasteiger partial charge is 0.407 e. The Hall–Kier alpha value is -6.22. The summed E-state index contributed by atoms with van der Waals surface area (Å²) in [5, 5.41) is 16.9. The second-order valence-corrected chi connectivity index (χ2v) is 19.1.